The molecule has 4 rings (SSSR count). The van der Waals surface area contributed by atoms with Gasteiger partial charge in [-0.25, -0.2) is 4.39 Å². The van der Waals surface area contributed by atoms with Gasteiger partial charge in [-0.1, -0.05) is 54.6 Å². The molecule has 0 aromatic heterocycles. The van der Waals surface area contributed by atoms with E-state index in [4.69, 9.17) is 0 Å². The third-order valence-electron chi connectivity index (χ3n) is 6.52. The molecule has 3 atom stereocenters. The van der Waals surface area contributed by atoms with Crippen molar-refractivity contribution < 1.29 is 22.4 Å². The van der Waals surface area contributed by atoms with Crippen molar-refractivity contribution in [1.29, 1.82) is 0 Å². The predicted octanol–water partition coefficient (Wildman–Crippen LogP) is 5.82. The summed E-state index contributed by atoms with van der Waals surface area (Å²) in [5.41, 5.74) is 1.84. The fraction of sp³-hybridized carbons (Fsp3) is 0.346. The van der Waals surface area contributed by atoms with Gasteiger partial charge in [-0.05, 0) is 59.2 Å². The average molecular weight is 458 g/mol. The molecule has 0 spiro atoms. The molecular weight excluding hydrogens is 432 g/mol. The van der Waals surface area contributed by atoms with Crippen molar-refractivity contribution in [3.63, 3.8) is 0 Å². The highest BCUT2D eigenvalue weighted by Gasteiger charge is 2.45. The molecule has 3 nitrogen and oxygen atoms in total. The second kappa shape index (κ2) is 9.51. The molecule has 1 aliphatic heterocycles. The molecule has 7 heteroatoms. The molecule has 0 saturated carbocycles. The summed E-state index contributed by atoms with van der Waals surface area (Å²) in [5, 5.41) is 5.68. The monoisotopic (exact) mass is 458 g/mol. The minimum Gasteiger partial charge on any atom is -0.335 e. The highest BCUT2D eigenvalue weighted by atomic mass is 19.4. The summed E-state index contributed by atoms with van der Waals surface area (Å²) in [7, 11) is 0. The van der Waals surface area contributed by atoms with Gasteiger partial charge in [0, 0.05) is 25.7 Å². The van der Waals surface area contributed by atoms with E-state index < -0.39 is 12.1 Å². The lowest BCUT2D eigenvalue weighted by molar-refractivity contribution is -0.187. The van der Waals surface area contributed by atoms with Crippen molar-refractivity contribution in [2.24, 2.45) is 5.92 Å². The van der Waals surface area contributed by atoms with Crippen LogP contribution in [-0.2, 0) is 4.79 Å². The van der Waals surface area contributed by atoms with Gasteiger partial charge in [-0.2, -0.15) is 13.2 Å². The maximum atomic E-state index is 13.9. The summed E-state index contributed by atoms with van der Waals surface area (Å²) >= 11 is 0. The van der Waals surface area contributed by atoms with Crippen LogP contribution in [0.4, 0.5) is 17.6 Å². The summed E-state index contributed by atoms with van der Waals surface area (Å²) in [4.78, 5) is 12.8. The van der Waals surface area contributed by atoms with E-state index in [0.29, 0.717) is 13.0 Å². The summed E-state index contributed by atoms with van der Waals surface area (Å²) in [6.07, 6.45) is -4.56. The molecular formula is C26H26F4N2O. The van der Waals surface area contributed by atoms with Gasteiger partial charge in [0.1, 0.15) is 5.82 Å². The van der Waals surface area contributed by atoms with Crippen LogP contribution in [0.25, 0.3) is 10.8 Å². The molecule has 1 fully saturated rings. The van der Waals surface area contributed by atoms with Crippen LogP contribution in [0.1, 0.15) is 36.4 Å². The van der Waals surface area contributed by atoms with Crippen LogP contribution >= 0.6 is 0 Å². The first kappa shape index (κ1) is 23.2. The van der Waals surface area contributed by atoms with Crippen molar-refractivity contribution in [1.82, 2.24) is 10.2 Å². The minimum absolute atomic E-state index is 0.00506. The van der Waals surface area contributed by atoms with E-state index in [9.17, 15) is 22.4 Å². The minimum atomic E-state index is -4.90. The quantitative estimate of drug-likeness (QED) is 0.489. The van der Waals surface area contributed by atoms with Gasteiger partial charge in [0.15, 0.2) is 0 Å². The van der Waals surface area contributed by atoms with Gasteiger partial charge in [0.05, 0.1) is 0 Å². The number of halogens is 4. The van der Waals surface area contributed by atoms with E-state index >= 15 is 0 Å². The van der Waals surface area contributed by atoms with Crippen LogP contribution in [0.3, 0.4) is 0 Å². The van der Waals surface area contributed by atoms with Crippen molar-refractivity contribution in [3.8, 4) is 0 Å². The largest absolute Gasteiger partial charge is 0.471 e. The van der Waals surface area contributed by atoms with E-state index in [0.717, 1.165) is 26.8 Å². The number of carbonyl (C=O) groups excluding carboxylic acids is 1. The van der Waals surface area contributed by atoms with E-state index in [1.165, 1.54) is 12.1 Å². The predicted molar refractivity (Wildman–Crippen MR) is 120 cm³/mol. The summed E-state index contributed by atoms with van der Waals surface area (Å²) in [6, 6.07) is 20.2. The Bertz CT molecular complexity index is 1130. The Hall–Kier alpha value is -2.93. The highest BCUT2D eigenvalue weighted by molar-refractivity contribution is 5.86. The summed E-state index contributed by atoms with van der Waals surface area (Å²) < 4.78 is 53.0. The zero-order valence-electron chi connectivity index (χ0n) is 18.3. The van der Waals surface area contributed by atoms with E-state index in [1.54, 1.807) is 12.1 Å². The van der Waals surface area contributed by atoms with Crippen molar-refractivity contribution in [2.75, 3.05) is 19.6 Å². The average Bonchev–Trinajstić information content (AvgIpc) is 2.81. The SMILES string of the molecule is C[C@@H](NCC1CN(C(=O)C(F)(F)F)CCC1c1cccc(F)c1)c1cccc2ccccc12. The van der Waals surface area contributed by atoms with Gasteiger partial charge >= 0.3 is 12.1 Å². The normalized spacial score (nSPS) is 20.1. The molecule has 0 bridgehead atoms. The van der Waals surface area contributed by atoms with Crippen LogP contribution in [-0.4, -0.2) is 36.6 Å². The topological polar surface area (TPSA) is 32.3 Å². The smallest absolute Gasteiger partial charge is 0.335 e. The Morgan fingerprint density at radius 3 is 2.58 bits per heavy atom. The van der Waals surface area contributed by atoms with Gasteiger partial charge in [0.2, 0.25) is 0 Å². The van der Waals surface area contributed by atoms with Crippen LogP contribution in [0.15, 0.2) is 66.7 Å². The lowest BCUT2D eigenvalue weighted by Gasteiger charge is -2.39. The maximum absolute atomic E-state index is 13.9. The summed E-state index contributed by atoms with van der Waals surface area (Å²) in [6.45, 7) is 2.37. The first-order valence-electron chi connectivity index (χ1n) is 11.1. The Balaban J connectivity index is 1.55. The lowest BCUT2D eigenvalue weighted by Crippen LogP contribution is -2.50. The number of likely N-dealkylation sites (tertiary alicyclic amines) is 1. The van der Waals surface area contributed by atoms with Crippen LogP contribution in [0.2, 0.25) is 0 Å². The number of carbonyl (C=O) groups is 1. The Morgan fingerprint density at radius 2 is 1.82 bits per heavy atom. The molecule has 2 unspecified atom stereocenters. The molecule has 33 heavy (non-hydrogen) atoms. The number of hydrogen-bond acceptors (Lipinski definition) is 2. The van der Waals surface area contributed by atoms with Gasteiger partial charge in [-0.3, -0.25) is 4.79 Å². The molecule has 1 heterocycles. The fourth-order valence-electron chi connectivity index (χ4n) is 4.85. The second-order valence-electron chi connectivity index (χ2n) is 8.66. The zero-order chi connectivity index (χ0) is 23.6. The molecule has 1 N–H and O–H groups in total. The lowest BCUT2D eigenvalue weighted by atomic mass is 9.80. The number of hydrogen-bond donors (Lipinski definition) is 1. The van der Waals surface area contributed by atoms with E-state index in [2.05, 4.69) is 5.32 Å². The first-order valence-corrected chi connectivity index (χ1v) is 11.1. The Kier molecular flexibility index (Phi) is 6.70. The zero-order valence-corrected chi connectivity index (χ0v) is 18.3. The molecule has 1 amide bonds. The number of amides is 1. The Morgan fingerprint density at radius 1 is 1.09 bits per heavy atom. The third-order valence-corrected chi connectivity index (χ3v) is 6.52. The first-order chi connectivity index (χ1) is 15.7. The molecule has 3 aromatic carbocycles. The number of fused-ring (bicyclic) bond motifs is 1. The van der Waals surface area contributed by atoms with Crippen molar-refractivity contribution in [2.45, 2.75) is 31.5 Å². The number of nitrogens with zero attached hydrogens (tertiary/aromatic N) is 1. The van der Waals surface area contributed by atoms with Gasteiger partial charge in [-0.15, -0.1) is 0 Å². The second-order valence-corrected chi connectivity index (χ2v) is 8.66. The maximum Gasteiger partial charge on any atom is 0.471 e. The highest BCUT2D eigenvalue weighted by Crippen LogP contribution is 2.35. The van der Waals surface area contributed by atoms with Crippen LogP contribution in [0.5, 0.6) is 0 Å². The third kappa shape index (κ3) is 5.19. The number of piperidine rings is 1. The fourth-order valence-corrected chi connectivity index (χ4v) is 4.85. The van der Waals surface area contributed by atoms with Crippen molar-refractivity contribution in [3.05, 3.63) is 83.7 Å². The number of alkyl halides is 3. The van der Waals surface area contributed by atoms with E-state index in [-0.39, 0.29) is 36.8 Å². The Labute approximate surface area is 190 Å². The molecule has 174 valence electrons. The van der Waals surface area contributed by atoms with Gasteiger partial charge < -0.3 is 10.2 Å². The van der Waals surface area contributed by atoms with Crippen LogP contribution < -0.4 is 5.32 Å². The molecule has 1 aliphatic rings. The number of nitrogens with one attached hydrogen (secondary N) is 1. The molecule has 0 aliphatic carbocycles. The van der Waals surface area contributed by atoms with Crippen molar-refractivity contribution >= 4 is 16.7 Å². The summed E-state index contributed by atoms with van der Waals surface area (Å²) in [5.74, 6) is -2.63. The molecule has 1 saturated heterocycles. The standard InChI is InChI=1S/C26H26F4N2O/c1-17(22-11-5-7-18-6-2-3-10-24(18)22)31-15-20-16-32(25(33)26(28,29)30)13-12-23(20)19-8-4-9-21(27)14-19/h2-11,14,17,20,23,31H,12-13,15-16H2,1H3/t17-,20?,23?/m1/s1. The number of rotatable bonds is 5. The van der Waals surface area contributed by atoms with E-state index in [1.807, 2.05) is 49.4 Å². The van der Waals surface area contributed by atoms with Crippen LogP contribution in [0, 0.1) is 11.7 Å². The van der Waals surface area contributed by atoms with Gasteiger partial charge in [0.25, 0.3) is 0 Å². The number of benzene rings is 3. The molecule has 3 aromatic rings. The molecule has 0 radical (unpaired) electrons.